The number of aliphatic hydroxyl groups excluding tert-OH is 1. The van der Waals surface area contributed by atoms with E-state index < -0.39 is 17.7 Å². The van der Waals surface area contributed by atoms with Gasteiger partial charge in [-0.2, -0.15) is 0 Å². The van der Waals surface area contributed by atoms with Crippen LogP contribution >= 0.6 is 0 Å². The third-order valence-electron chi connectivity index (χ3n) is 6.75. The maximum atomic E-state index is 14.1. The minimum Gasteiger partial charge on any atom is -0.395 e. The van der Waals surface area contributed by atoms with Gasteiger partial charge >= 0.3 is 6.03 Å². The molecule has 0 bridgehead atoms. The Morgan fingerprint density at radius 3 is 2.60 bits per heavy atom. The van der Waals surface area contributed by atoms with E-state index in [1.54, 1.807) is 4.90 Å². The van der Waals surface area contributed by atoms with Crippen LogP contribution in [0, 0.1) is 23.5 Å². The van der Waals surface area contributed by atoms with Gasteiger partial charge in [0.05, 0.1) is 18.8 Å². The van der Waals surface area contributed by atoms with Gasteiger partial charge in [0, 0.05) is 42.7 Å². The van der Waals surface area contributed by atoms with Crippen LogP contribution in [0.2, 0.25) is 0 Å². The van der Waals surface area contributed by atoms with Crippen molar-refractivity contribution < 1.29 is 18.7 Å². The predicted molar refractivity (Wildman–Crippen MR) is 132 cm³/mol. The predicted octanol–water partition coefficient (Wildman–Crippen LogP) is 3.33. The Kier molecular flexibility index (Phi) is 8.01. The van der Waals surface area contributed by atoms with Gasteiger partial charge in [-0.3, -0.25) is 9.80 Å². The first kappa shape index (κ1) is 25.1. The fourth-order valence-electron chi connectivity index (χ4n) is 5.00. The van der Waals surface area contributed by atoms with Crippen LogP contribution in [0.5, 0.6) is 0 Å². The number of carbonyl (C=O) groups is 1. The quantitative estimate of drug-likeness (QED) is 0.657. The van der Waals surface area contributed by atoms with E-state index in [9.17, 15) is 18.7 Å². The van der Waals surface area contributed by atoms with Crippen LogP contribution in [0.1, 0.15) is 29.9 Å². The summed E-state index contributed by atoms with van der Waals surface area (Å²) >= 11 is 0. The average Bonchev–Trinajstić information content (AvgIpc) is 2.81. The van der Waals surface area contributed by atoms with E-state index >= 15 is 0 Å². The molecule has 2 aliphatic rings. The van der Waals surface area contributed by atoms with Crippen LogP contribution in [0.3, 0.4) is 0 Å². The van der Waals surface area contributed by atoms with E-state index in [0.29, 0.717) is 19.6 Å². The summed E-state index contributed by atoms with van der Waals surface area (Å²) in [6.45, 7) is 2.55. The topological polar surface area (TPSA) is 59.1 Å². The first-order valence-electron chi connectivity index (χ1n) is 12.0. The molecule has 2 amide bonds. The summed E-state index contributed by atoms with van der Waals surface area (Å²) in [6, 6.07) is 10.7. The second-order valence-corrected chi connectivity index (χ2v) is 9.45. The van der Waals surface area contributed by atoms with Crippen LogP contribution in [-0.2, 0) is 0 Å². The number of hydrogen-bond donors (Lipinski definition) is 2. The molecule has 6 nitrogen and oxygen atoms in total. The zero-order chi connectivity index (χ0) is 24.9. The Labute approximate surface area is 205 Å². The average molecular weight is 483 g/mol. The second-order valence-electron chi connectivity index (χ2n) is 9.45. The summed E-state index contributed by atoms with van der Waals surface area (Å²) in [7, 11) is 3.95. The van der Waals surface area contributed by atoms with Gasteiger partial charge in [0.2, 0.25) is 0 Å². The van der Waals surface area contributed by atoms with Gasteiger partial charge in [-0.15, -0.1) is 0 Å². The van der Waals surface area contributed by atoms with E-state index in [1.165, 1.54) is 0 Å². The summed E-state index contributed by atoms with van der Waals surface area (Å²) in [5, 5.41) is 12.7. The zero-order valence-corrected chi connectivity index (χ0v) is 20.2. The van der Waals surface area contributed by atoms with Crippen LogP contribution < -0.4 is 5.32 Å². The molecular formula is C27H32F2N4O2. The Morgan fingerprint density at radius 1 is 1.14 bits per heavy atom. The van der Waals surface area contributed by atoms with Gasteiger partial charge in [0.25, 0.3) is 0 Å². The van der Waals surface area contributed by atoms with Crippen molar-refractivity contribution >= 4 is 11.7 Å². The third kappa shape index (κ3) is 5.81. The molecule has 8 heteroatoms. The number of fused-ring (bicyclic) bond motifs is 1. The van der Waals surface area contributed by atoms with Crippen molar-refractivity contribution in [2.75, 3.05) is 52.2 Å². The maximum Gasteiger partial charge on any atom is 0.321 e. The SMILES string of the molecule is CN(C)CC#Cc1ccc([C@H]2[C@@H](CO)N3CCCCN(C(=O)Nc4cc(F)ccc4F)C[C@H]23)cc1. The van der Waals surface area contributed by atoms with Gasteiger partial charge in [0.15, 0.2) is 0 Å². The molecule has 2 N–H and O–H groups in total. The Balaban J connectivity index is 1.50. The minimum absolute atomic E-state index is 0.0191. The van der Waals surface area contributed by atoms with E-state index in [1.807, 2.05) is 31.1 Å². The van der Waals surface area contributed by atoms with Gasteiger partial charge in [0.1, 0.15) is 11.6 Å². The summed E-state index contributed by atoms with van der Waals surface area (Å²) in [4.78, 5) is 18.9. The molecule has 2 aromatic carbocycles. The van der Waals surface area contributed by atoms with Crippen LogP contribution in [0.4, 0.5) is 19.3 Å². The summed E-state index contributed by atoms with van der Waals surface area (Å²) in [5.74, 6) is 5.06. The molecule has 0 aromatic heterocycles. The number of nitrogens with one attached hydrogen (secondary N) is 1. The van der Waals surface area contributed by atoms with Crippen molar-refractivity contribution in [1.29, 1.82) is 0 Å². The first-order valence-corrected chi connectivity index (χ1v) is 12.0. The molecule has 0 radical (unpaired) electrons. The number of benzene rings is 2. The largest absolute Gasteiger partial charge is 0.395 e. The number of amides is 2. The number of nitrogens with zero attached hydrogens (tertiary/aromatic N) is 3. The molecule has 2 heterocycles. The Morgan fingerprint density at radius 2 is 1.89 bits per heavy atom. The molecule has 2 aliphatic heterocycles. The van der Waals surface area contributed by atoms with E-state index in [0.717, 1.165) is 48.7 Å². The molecule has 2 saturated heterocycles. The van der Waals surface area contributed by atoms with Crippen LogP contribution in [-0.4, -0.2) is 84.8 Å². The van der Waals surface area contributed by atoms with Gasteiger partial charge in [-0.05, 0) is 63.3 Å². The molecule has 3 atom stereocenters. The summed E-state index contributed by atoms with van der Waals surface area (Å²) < 4.78 is 27.6. The van der Waals surface area contributed by atoms with Gasteiger partial charge in [-0.25, -0.2) is 13.6 Å². The number of carbonyl (C=O) groups excluding carboxylic acids is 1. The lowest BCUT2D eigenvalue weighted by molar-refractivity contribution is -0.0585. The lowest BCUT2D eigenvalue weighted by Gasteiger charge is -2.57. The zero-order valence-electron chi connectivity index (χ0n) is 20.2. The number of aliphatic hydroxyl groups is 1. The Bertz CT molecular complexity index is 1100. The number of urea groups is 1. The van der Waals surface area contributed by atoms with Crippen molar-refractivity contribution in [3.63, 3.8) is 0 Å². The van der Waals surface area contributed by atoms with Crippen molar-refractivity contribution in [3.05, 3.63) is 65.2 Å². The van der Waals surface area contributed by atoms with E-state index in [4.69, 9.17) is 0 Å². The maximum absolute atomic E-state index is 14.1. The molecule has 4 rings (SSSR count). The number of hydrogen-bond acceptors (Lipinski definition) is 4. The molecular weight excluding hydrogens is 450 g/mol. The van der Waals surface area contributed by atoms with Crippen molar-refractivity contribution in [3.8, 4) is 11.8 Å². The normalized spacial score (nSPS) is 22.3. The van der Waals surface area contributed by atoms with Gasteiger partial charge < -0.3 is 15.3 Å². The fraction of sp³-hybridized carbons (Fsp3) is 0.444. The monoisotopic (exact) mass is 482 g/mol. The van der Waals surface area contributed by atoms with Crippen molar-refractivity contribution in [2.24, 2.45) is 0 Å². The van der Waals surface area contributed by atoms with Crippen LogP contribution in [0.15, 0.2) is 42.5 Å². The third-order valence-corrected chi connectivity index (χ3v) is 6.75. The molecule has 2 fully saturated rings. The highest BCUT2D eigenvalue weighted by atomic mass is 19.1. The summed E-state index contributed by atoms with van der Waals surface area (Å²) in [5.41, 5.74) is 1.86. The molecule has 0 unspecified atom stereocenters. The fourth-order valence-corrected chi connectivity index (χ4v) is 5.00. The number of anilines is 1. The molecule has 0 saturated carbocycles. The lowest BCUT2D eigenvalue weighted by atomic mass is 9.74. The highest BCUT2D eigenvalue weighted by molar-refractivity contribution is 5.89. The smallest absolute Gasteiger partial charge is 0.321 e. The van der Waals surface area contributed by atoms with E-state index in [-0.39, 0.29) is 30.3 Å². The molecule has 0 aliphatic carbocycles. The van der Waals surface area contributed by atoms with Crippen LogP contribution in [0.25, 0.3) is 0 Å². The van der Waals surface area contributed by atoms with E-state index in [2.05, 4.69) is 34.2 Å². The highest BCUT2D eigenvalue weighted by Gasteiger charge is 2.49. The standard InChI is InChI=1S/C27H32F2N4O2/c1-31(2)13-5-6-19-7-9-20(10-8-19)26-24-17-32(14-3-4-15-33(24)25(26)18-34)27(35)30-23-16-21(28)11-12-22(23)29/h7-12,16,24-26,34H,3-4,13-15,17-18H2,1-2H3,(H,30,35)/t24-,25-,26-/m1/s1. The second kappa shape index (κ2) is 11.2. The minimum atomic E-state index is -0.677. The molecule has 0 spiro atoms. The highest BCUT2D eigenvalue weighted by Crippen LogP contribution is 2.42. The van der Waals surface area contributed by atoms with Crippen molar-refractivity contribution in [1.82, 2.24) is 14.7 Å². The van der Waals surface area contributed by atoms with Gasteiger partial charge in [-0.1, -0.05) is 24.0 Å². The molecule has 186 valence electrons. The lowest BCUT2D eigenvalue weighted by Crippen LogP contribution is -2.68. The molecule has 35 heavy (non-hydrogen) atoms. The first-order chi connectivity index (χ1) is 16.9. The van der Waals surface area contributed by atoms with Crippen molar-refractivity contribution in [2.45, 2.75) is 30.8 Å². The Hall–Kier alpha value is -2.99. The summed E-state index contributed by atoms with van der Waals surface area (Å²) in [6.07, 6.45) is 1.68. The number of halogens is 2. The molecule has 2 aromatic rings. The number of rotatable bonds is 4.